The van der Waals surface area contributed by atoms with Gasteiger partial charge >= 0.3 is 0 Å². The van der Waals surface area contributed by atoms with Gasteiger partial charge in [0.1, 0.15) is 0 Å². The third-order valence-corrected chi connectivity index (χ3v) is 4.31. The highest BCUT2D eigenvalue weighted by atomic mass is 16.2. The number of amides is 2. The van der Waals surface area contributed by atoms with E-state index in [1.165, 1.54) is 5.56 Å². The average molecular weight is 364 g/mol. The molecular weight excluding hydrogens is 336 g/mol. The molecule has 0 fully saturated rings. The number of hydrogen-bond acceptors (Lipinski definition) is 2. The molecule has 2 amide bonds. The van der Waals surface area contributed by atoms with Crippen molar-refractivity contribution in [3.05, 3.63) is 77.9 Å². The van der Waals surface area contributed by atoms with Crippen molar-refractivity contribution in [2.75, 3.05) is 11.9 Å². The molecule has 0 radical (unpaired) electrons. The zero-order valence-corrected chi connectivity index (χ0v) is 16.3. The van der Waals surface area contributed by atoms with Crippen molar-refractivity contribution in [1.29, 1.82) is 0 Å². The summed E-state index contributed by atoms with van der Waals surface area (Å²) >= 11 is 0. The second-order valence-electron chi connectivity index (χ2n) is 7.54. The van der Waals surface area contributed by atoms with Crippen LogP contribution < -0.4 is 10.6 Å². The van der Waals surface area contributed by atoms with Gasteiger partial charge in [0.2, 0.25) is 5.91 Å². The van der Waals surface area contributed by atoms with Crippen LogP contribution in [0.15, 0.2) is 61.2 Å². The fraction of sp³-hybridized carbons (Fsp3) is 0.304. The van der Waals surface area contributed by atoms with E-state index in [1.807, 2.05) is 0 Å². The smallest absolute Gasteiger partial charge is 0.253 e. The molecule has 0 aliphatic carbocycles. The van der Waals surface area contributed by atoms with E-state index in [-0.39, 0.29) is 17.2 Å². The summed E-state index contributed by atoms with van der Waals surface area (Å²) in [6.45, 7) is 10.5. The van der Waals surface area contributed by atoms with E-state index in [0.29, 0.717) is 30.6 Å². The highest BCUT2D eigenvalue weighted by molar-refractivity contribution is 6.03. The van der Waals surface area contributed by atoms with Gasteiger partial charge in [-0.3, -0.25) is 9.59 Å². The topological polar surface area (TPSA) is 58.2 Å². The third-order valence-electron chi connectivity index (χ3n) is 4.31. The molecule has 142 valence electrons. The molecular formula is C23H28N2O2. The SMILES string of the molecule is C=CCNC(=O)c1ccccc1NC(=O)CCc1ccc(C(C)(C)C)cc1. The van der Waals surface area contributed by atoms with Crippen LogP contribution in [-0.4, -0.2) is 18.4 Å². The van der Waals surface area contributed by atoms with Gasteiger partial charge < -0.3 is 10.6 Å². The summed E-state index contributed by atoms with van der Waals surface area (Å²) in [4.78, 5) is 24.5. The van der Waals surface area contributed by atoms with Gasteiger partial charge in [0.05, 0.1) is 11.3 Å². The fourth-order valence-corrected chi connectivity index (χ4v) is 2.69. The fourth-order valence-electron chi connectivity index (χ4n) is 2.69. The molecule has 2 aromatic rings. The third kappa shape index (κ3) is 6.10. The molecule has 0 aliphatic rings. The predicted octanol–water partition coefficient (Wildman–Crippen LogP) is 4.47. The van der Waals surface area contributed by atoms with E-state index in [0.717, 1.165) is 5.56 Å². The van der Waals surface area contributed by atoms with Crippen molar-refractivity contribution in [1.82, 2.24) is 5.32 Å². The Morgan fingerprint density at radius 1 is 1.04 bits per heavy atom. The summed E-state index contributed by atoms with van der Waals surface area (Å²) in [5, 5.41) is 5.58. The van der Waals surface area contributed by atoms with Gasteiger partial charge in [-0.25, -0.2) is 0 Å². The van der Waals surface area contributed by atoms with Gasteiger partial charge in [0, 0.05) is 13.0 Å². The number of para-hydroxylation sites is 1. The number of anilines is 1. The number of benzene rings is 2. The van der Waals surface area contributed by atoms with Crippen molar-refractivity contribution in [3.63, 3.8) is 0 Å². The molecule has 0 aliphatic heterocycles. The maximum absolute atomic E-state index is 12.3. The summed E-state index contributed by atoms with van der Waals surface area (Å²) in [5.74, 6) is -0.345. The van der Waals surface area contributed by atoms with Crippen LogP contribution in [0.4, 0.5) is 5.69 Å². The van der Waals surface area contributed by atoms with E-state index in [4.69, 9.17) is 0 Å². The van der Waals surface area contributed by atoms with Crippen LogP contribution in [0.3, 0.4) is 0 Å². The van der Waals surface area contributed by atoms with Crippen LogP contribution in [0.2, 0.25) is 0 Å². The van der Waals surface area contributed by atoms with Gasteiger partial charge in [0.15, 0.2) is 0 Å². The average Bonchev–Trinajstić information content (AvgIpc) is 2.64. The monoisotopic (exact) mass is 364 g/mol. The molecule has 0 aromatic heterocycles. The Kier molecular flexibility index (Phi) is 6.94. The Balaban J connectivity index is 1.96. The number of hydrogen-bond donors (Lipinski definition) is 2. The minimum atomic E-state index is -0.233. The lowest BCUT2D eigenvalue weighted by molar-refractivity contribution is -0.116. The van der Waals surface area contributed by atoms with Crippen LogP contribution in [0.25, 0.3) is 0 Å². The van der Waals surface area contributed by atoms with Gasteiger partial charge in [-0.15, -0.1) is 6.58 Å². The van der Waals surface area contributed by atoms with Crippen molar-refractivity contribution < 1.29 is 9.59 Å². The van der Waals surface area contributed by atoms with E-state index in [2.05, 4.69) is 62.2 Å². The highest BCUT2D eigenvalue weighted by Gasteiger charge is 2.14. The molecule has 0 atom stereocenters. The minimum Gasteiger partial charge on any atom is -0.349 e. The van der Waals surface area contributed by atoms with Gasteiger partial charge in [-0.1, -0.05) is 63.2 Å². The molecule has 2 rings (SSSR count). The van der Waals surface area contributed by atoms with Crippen LogP contribution in [0, 0.1) is 0 Å². The molecule has 0 saturated carbocycles. The van der Waals surface area contributed by atoms with Gasteiger partial charge in [-0.2, -0.15) is 0 Å². The Morgan fingerprint density at radius 2 is 1.70 bits per heavy atom. The number of rotatable bonds is 7. The molecule has 2 N–H and O–H groups in total. The first-order valence-electron chi connectivity index (χ1n) is 9.18. The molecule has 0 unspecified atom stereocenters. The minimum absolute atomic E-state index is 0.112. The number of nitrogens with one attached hydrogen (secondary N) is 2. The van der Waals surface area contributed by atoms with Crippen molar-refractivity contribution >= 4 is 17.5 Å². The maximum atomic E-state index is 12.3. The lowest BCUT2D eigenvalue weighted by atomic mass is 9.86. The van der Waals surface area contributed by atoms with Crippen molar-refractivity contribution in [2.24, 2.45) is 0 Å². The lowest BCUT2D eigenvalue weighted by Crippen LogP contribution is -2.25. The summed E-state index contributed by atoms with van der Waals surface area (Å²) in [7, 11) is 0. The molecule has 4 heteroatoms. The first-order chi connectivity index (χ1) is 12.8. The Labute approximate surface area is 161 Å². The molecule has 0 saturated heterocycles. The normalized spacial score (nSPS) is 10.9. The summed E-state index contributed by atoms with van der Waals surface area (Å²) in [6, 6.07) is 15.4. The Morgan fingerprint density at radius 3 is 2.33 bits per heavy atom. The molecule has 4 nitrogen and oxygen atoms in total. The summed E-state index contributed by atoms with van der Waals surface area (Å²) < 4.78 is 0. The number of carbonyl (C=O) groups excluding carboxylic acids is 2. The number of carbonyl (C=O) groups is 2. The summed E-state index contributed by atoms with van der Waals surface area (Å²) in [5.41, 5.74) is 3.48. The van der Waals surface area contributed by atoms with Crippen LogP contribution in [0.1, 0.15) is 48.7 Å². The molecule has 0 bridgehead atoms. The van der Waals surface area contributed by atoms with E-state index < -0.39 is 0 Å². The van der Waals surface area contributed by atoms with Crippen LogP contribution in [0.5, 0.6) is 0 Å². The maximum Gasteiger partial charge on any atom is 0.253 e. The lowest BCUT2D eigenvalue weighted by Gasteiger charge is -2.19. The van der Waals surface area contributed by atoms with Crippen molar-refractivity contribution in [3.8, 4) is 0 Å². The number of aryl methyl sites for hydroxylation is 1. The largest absolute Gasteiger partial charge is 0.349 e. The predicted molar refractivity (Wildman–Crippen MR) is 111 cm³/mol. The van der Waals surface area contributed by atoms with Crippen LogP contribution in [-0.2, 0) is 16.6 Å². The summed E-state index contributed by atoms with van der Waals surface area (Å²) in [6.07, 6.45) is 2.63. The standard InChI is InChI=1S/C23H28N2O2/c1-5-16-24-22(27)19-8-6-7-9-20(19)25-21(26)15-12-17-10-13-18(14-11-17)23(2,3)4/h5-11,13-14H,1,12,15-16H2,2-4H3,(H,24,27)(H,25,26). The molecule has 0 spiro atoms. The van der Waals surface area contributed by atoms with Crippen molar-refractivity contribution in [2.45, 2.75) is 39.0 Å². The molecule has 27 heavy (non-hydrogen) atoms. The zero-order chi connectivity index (χ0) is 19.9. The first kappa shape index (κ1) is 20.4. The molecule has 2 aromatic carbocycles. The van der Waals surface area contributed by atoms with E-state index in [1.54, 1.807) is 30.3 Å². The second-order valence-corrected chi connectivity index (χ2v) is 7.54. The Hall–Kier alpha value is -2.88. The highest BCUT2D eigenvalue weighted by Crippen LogP contribution is 2.22. The van der Waals surface area contributed by atoms with Gasteiger partial charge in [0.25, 0.3) is 5.91 Å². The van der Waals surface area contributed by atoms with Gasteiger partial charge in [-0.05, 0) is 35.1 Å². The zero-order valence-electron chi connectivity index (χ0n) is 16.3. The van der Waals surface area contributed by atoms with E-state index in [9.17, 15) is 9.59 Å². The van der Waals surface area contributed by atoms with Crippen LogP contribution >= 0.6 is 0 Å². The molecule has 0 heterocycles. The quantitative estimate of drug-likeness (QED) is 0.712. The van der Waals surface area contributed by atoms with E-state index >= 15 is 0 Å². The first-order valence-corrected chi connectivity index (χ1v) is 9.18. The Bertz CT molecular complexity index is 802. The second kappa shape index (κ2) is 9.17.